The summed E-state index contributed by atoms with van der Waals surface area (Å²) in [7, 11) is 0. The third-order valence-corrected chi connectivity index (χ3v) is 3.12. The van der Waals surface area contributed by atoms with Gasteiger partial charge in [0, 0.05) is 34.7 Å². The summed E-state index contributed by atoms with van der Waals surface area (Å²) in [5, 5.41) is 0. The number of nitrogens with zero attached hydrogens (tertiary/aromatic N) is 2. The maximum Gasteiger partial charge on any atom is 0.167 e. The minimum atomic E-state index is -0.521. The highest BCUT2D eigenvalue weighted by molar-refractivity contribution is 9.10. The average Bonchev–Trinajstić information content (AvgIpc) is 2.41. The van der Waals surface area contributed by atoms with Gasteiger partial charge < -0.3 is 10.5 Å². The van der Waals surface area contributed by atoms with Gasteiger partial charge in [0.2, 0.25) is 0 Å². The Hall–Kier alpha value is -2.21. The van der Waals surface area contributed by atoms with E-state index in [0.29, 0.717) is 22.5 Å². The number of hydrogen-bond acceptors (Lipinski definition) is 4. The first-order valence-electron chi connectivity index (χ1n) is 5.76. The van der Waals surface area contributed by atoms with Crippen molar-refractivity contribution in [2.24, 2.45) is 0 Å². The molecule has 0 bridgehead atoms. The van der Waals surface area contributed by atoms with Crippen molar-refractivity contribution in [1.29, 1.82) is 0 Å². The number of nitrogens with two attached hydrogens (primary N) is 1. The molecule has 3 aromatic rings. The molecule has 3 rings (SSSR count). The summed E-state index contributed by atoms with van der Waals surface area (Å²) in [5.41, 5.74) is 7.07. The van der Waals surface area contributed by atoms with Gasteiger partial charge in [-0.3, -0.25) is 4.98 Å². The molecule has 0 saturated carbocycles. The number of ether oxygens (including phenoxy) is 1. The lowest BCUT2D eigenvalue weighted by Gasteiger charge is -2.09. The topological polar surface area (TPSA) is 61.0 Å². The van der Waals surface area contributed by atoms with E-state index in [4.69, 9.17) is 10.5 Å². The Labute approximate surface area is 122 Å². The highest BCUT2D eigenvalue weighted by atomic mass is 79.9. The van der Waals surface area contributed by atoms with Crippen molar-refractivity contribution in [3.8, 4) is 11.5 Å². The molecule has 1 aromatic carbocycles. The summed E-state index contributed by atoms with van der Waals surface area (Å²) < 4.78 is 20.1. The molecule has 0 aliphatic carbocycles. The van der Waals surface area contributed by atoms with E-state index >= 15 is 0 Å². The monoisotopic (exact) mass is 333 g/mol. The molecule has 0 spiro atoms. The summed E-state index contributed by atoms with van der Waals surface area (Å²) in [6.45, 7) is 0. The number of hydrogen-bond donors (Lipinski definition) is 1. The van der Waals surface area contributed by atoms with E-state index in [9.17, 15) is 4.39 Å². The number of benzene rings is 1. The van der Waals surface area contributed by atoms with Gasteiger partial charge in [0.15, 0.2) is 17.3 Å². The van der Waals surface area contributed by atoms with Crippen molar-refractivity contribution in [2.45, 2.75) is 0 Å². The molecule has 100 valence electrons. The summed E-state index contributed by atoms with van der Waals surface area (Å²) in [4.78, 5) is 8.44. The smallest absolute Gasteiger partial charge is 0.167 e. The van der Waals surface area contributed by atoms with Crippen LogP contribution in [0.1, 0.15) is 0 Å². The van der Waals surface area contributed by atoms with E-state index in [1.165, 1.54) is 12.1 Å². The molecule has 6 heteroatoms. The molecule has 4 nitrogen and oxygen atoms in total. The van der Waals surface area contributed by atoms with Gasteiger partial charge in [-0.2, -0.15) is 0 Å². The molecular weight excluding hydrogens is 325 g/mol. The summed E-state index contributed by atoms with van der Waals surface area (Å²) in [6.07, 6.45) is 3.22. The first kappa shape index (κ1) is 12.8. The molecule has 0 saturated heterocycles. The normalized spacial score (nSPS) is 10.7. The fraction of sp³-hybridized carbons (Fsp3) is 0. The number of nitrogen functional groups attached to an aromatic ring is 1. The van der Waals surface area contributed by atoms with Crippen molar-refractivity contribution in [1.82, 2.24) is 9.97 Å². The Morgan fingerprint density at radius 3 is 2.75 bits per heavy atom. The lowest BCUT2D eigenvalue weighted by Crippen LogP contribution is -1.93. The van der Waals surface area contributed by atoms with Crippen LogP contribution in [0.2, 0.25) is 0 Å². The Morgan fingerprint density at radius 1 is 1.10 bits per heavy atom. The van der Waals surface area contributed by atoms with Gasteiger partial charge in [-0.05, 0) is 34.1 Å². The third kappa shape index (κ3) is 2.42. The number of pyridine rings is 2. The second-order valence-corrected chi connectivity index (χ2v) is 5.04. The summed E-state index contributed by atoms with van der Waals surface area (Å²) >= 11 is 3.33. The van der Waals surface area contributed by atoms with Crippen LogP contribution in [0.5, 0.6) is 11.5 Å². The van der Waals surface area contributed by atoms with Crippen LogP contribution in [0, 0.1) is 5.82 Å². The second-order valence-electron chi connectivity index (χ2n) is 4.12. The third-order valence-electron chi connectivity index (χ3n) is 2.68. The van der Waals surface area contributed by atoms with Crippen LogP contribution in [0.25, 0.3) is 11.0 Å². The molecule has 2 heterocycles. The highest BCUT2D eigenvalue weighted by Gasteiger charge is 2.09. The largest absolute Gasteiger partial charge is 0.452 e. The van der Waals surface area contributed by atoms with Gasteiger partial charge in [0.1, 0.15) is 5.52 Å². The minimum Gasteiger partial charge on any atom is -0.452 e. The molecule has 0 amide bonds. The van der Waals surface area contributed by atoms with Crippen molar-refractivity contribution in [2.75, 3.05) is 5.73 Å². The maximum absolute atomic E-state index is 13.8. The quantitative estimate of drug-likeness (QED) is 0.722. The van der Waals surface area contributed by atoms with Gasteiger partial charge in [-0.15, -0.1) is 0 Å². The molecule has 0 unspecified atom stereocenters. The zero-order valence-corrected chi connectivity index (χ0v) is 11.8. The fourth-order valence-corrected chi connectivity index (χ4v) is 2.10. The molecule has 20 heavy (non-hydrogen) atoms. The SMILES string of the molecule is Nc1ccc(Oc2ccnc3cc(Br)cnc23)c(F)c1. The van der Waals surface area contributed by atoms with Crippen LogP contribution in [0.4, 0.5) is 10.1 Å². The van der Waals surface area contributed by atoms with E-state index in [1.807, 2.05) is 6.07 Å². The van der Waals surface area contributed by atoms with E-state index in [2.05, 4.69) is 25.9 Å². The number of rotatable bonds is 2. The van der Waals surface area contributed by atoms with E-state index in [1.54, 1.807) is 24.5 Å². The molecule has 0 atom stereocenters. The fourth-order valence-electron chi connectivity index (χ4n) is 1.78. The summed E-state index contributed by atoms with van der Waals surface area (Å²) in [5.74, 6) is 0.00895. The predicted molar refractivity (Wildman–Crippen MR) is 78.1 cm³/mol. The van der Waals surface area contributed by atoms with Gasteiger partial charge in [-0.25, -0.2) is 9.37 Å². The highest BCUT2D eigenvalue weighted by Crippen LogP contribution is 2.30. The predicted octanol–water partition coefficient (Wildman–Crippen LogP) is 3.91. The lowest BCUT2D eigenvalue weighted by atomic mass is 10.3. The lowest BCUT2D eigenvalue weighted by molar-refractivity contribution is 0.445. The zero-order valence-electron chi connectivity index (χ0n) is 10.2. The van der Waals surface area contributed by atoms with E-state index in [-0.39, 0.29) is 5.75 Å². The maximum atomic E-state index is 13.8. The molecule has 2 N–H and O–H groups in total. The van der Waals surface area contributed by atoms with Crippen LogP contribution in [0.3, 0.4) is 0 Å². The molecule has 0 fully saturated rings. The number of fused-ring (bicyclic) bond motifs is 1. The number of aromatic nitrogens is 2. The molecule has 2 aromatic heterocycles. The number of halogens is 2. The van der Waals surface area contributed by atoms with Crippen LogP contribution in [-0.4, -0.2) is 9.97 Å². The Bertz CT molecular complexity index is 794. The van der Waals surface area contributed by atoms with Crippen LogP contribution in [0.15, 0.2) is 47.2 Å². The van der Waals surface area contributed by atoms with Crippen molar-refractivity contribution < 1.29 is 9.13 Å². The molecule has 0 aliphatic heterocycles. The van der Waals surface area contributed by atoms with E-state index in [0.717, 1.165) is 4.47 Å². The second kappa shape index (κ2) is 5.05. The van der Waals surface area contributed by atoms with Gasteiger partial charge in [-0.1, -0.05) is 0 Å². The average molecular weight is 334 g/mol. The van der Waals surface area contributed by atoms with Crippen molar-refractivity contribution >= 4 is 32.7 Å². The van der Waals surface area contributed by atoms with E-state index < -0.39 is 5.82 Å². The molecule has 0 radical (unpaired) electrons. The van der Waals surface area contributed by atoms with Crippen molar-refractivity contribution in [3.63, 3.8) is 0 Å². The Kier molecular flexibility index (Phi) is 3.23. The zero-order chi connectivity index (χ0) is 14.1. The van der Waals surface area contributed by atoms with Crippen molar-refractivity contribution in [3.05, 3.63) is 53.0 Å². The van der Waals surface area contributed by atoms with Gasteiger partial charge >= 0.3 is 0 Å². The first-order chi connectivity index (χ1) is 9.63. The van der Waals surface area contributed by atoms with Crippen LogP contribution < -0.4 is 10.5 Å². The molecule has 0 aliphatic rings. The molecular formula is C14H9BrFN3O. The van der Waals surface area contributed by atoms with Gasteiger partial charge in [0.25, 0.3) is 0 Å². The Morgan fingerprint density at radius 2 is 1.95 bits per heavy atom. The van der Waals surface area contributed by atoms with Gasteiger partial charge in [0.05, 0.1) is 5.52 Å². The van der Waals surface area contributed by atoms with Crippen LogP contribution in [-0.2, 0) is 0 Å². The standard InChI is InChI=1S/C14H9BrFN3O/c15-8-5-11-14(19-7-8)13(3-4-18-11)20-12-2-1-9(17)6-10(12)16/h1-7H,17H2. The number of anilines is 1. The van der Waals surface area contributed by atoms with Crippen LogP contribution >= 0.6 is 15.9 Å². The minimum absolute atomic E-state index is 0.0939. The summed E-state index contributed by atoms with van der Waals surface area (Å²) in [6, 6.07) is 7.72. The first-order valence-corrected chi connectivity index (χ1v) is 6.56. The Balaban J connectivity index is 2.06.